The fourth-order valence-corrected chi connectivity index (χ4v) is 4.21. The van der Waals surface area contributed by atoms with E-state index in [4.69, 9.17) is 9.72 Å². The van der Waals surface area contributed by atoms with Crippen LogP contribution in [0.1, 0.15) is 31.4 Å². The zero-order valence-corrected chi connectivity index (χ0v) is 16.8. The zero-order chi connectivity index (χ0) is 20.5. The van der Waals surface area contributed by atoms with Gasteiger partial charge in [-0.2, -0.15) is 0 Å². The number of amidine groups is 1. The number of nitrogens with zero attached hydrogens (tertiary/aromatic N) is 6. The number of methoxy groups -OCH3 is 1. The first kappa shape index (κ1) is 18.8. The summed E-state index contributed by atoms with van der Waals surface area (Å²) >= 11 is 0. The number of carbonyl (C=O) groups excluding carboxylic acids is 1. The maximum atomic E-state index is 12.8. The number of amides is 1. The second-order valence-corrected chi connectivity index (χ2v) is 7.62. The third kappa shape index (κ3) is 3.45. The molecule has 5 rings (SSSR count). The highest BCUT2D eigenvalue weighted by Crippen LogP contribution is 2.34. The van der Waals surface area contributed by atoms with Gasteiger partial charge in [-0.1, -0.05) is 0 Å². The molecule has 9 nitrogen and oxygen atoms in total. The number of fused-ring (bicyclic) bond motifs is 1. The van der Waals surface area contributed by atoms with Crippen LogP contribution in [0.25, 0.3) is 11.3 Å². The Bertz CT molecular complexity index is 1010. The van der Waals surface area contributed by atoms with Gasteiger partial charge in [0.05, 0.1) is 31.1 Å². The van der Waals surface area contributed by atoms with Gasteiger partial charge in [0, 0.05) is 31.1 Å². The topological polar surface area (TPSA) is 105 Å². The number of aliphatic imine (C=N–C) groups is 2. The number of pyridine rings is 1. The maximum absolute atomic E-state index is 12.8. The van der Waals surface area contributed by atoms with Gasteiger partial charge in [-0.15, -0.1) is 0 Å². The van der Waals surface area contributed by atoms with Gasteiger partial charge >= 0.3 is 0 Å². The van der Waals surface area contributed by atoms with Gasteiger partial charge in [0.2, 0.25) is 5.91 Å². The molecule has 0 spiro atoms. The van der Waals surface area contributed by atoms with E-state index in [0.29, 0.717) is 29.7 Å². The van der Waals surface area contributed by atoms with Crippen LogP contribution in [0.4, 0.5) is 11.6 Å². The molecular formula is C21H23N7O2. The Balaban J connectivity index is 1.43. The molecule has 0 aromatic carbocycles. The van der Waals surface area contributed by atoms with E-state index in [9.17, 15) is 4.79 Å². The summed E-state index contributed by atoms with van der Waals surface area (Å²) in [5, 5.41) is 3.09. The fraction of sp³-hybridized carbons (Fsp3) is 0.429. The van der Waals surface area contributed by atoms with Crippen molar-refractivity contribution in [3.05, 3.63) is 30.2 Å². The summed E-state index contributed by atoms with van der Waals surface area (Å²) in [6.45, 7) is 0.836. The van der Waals surface area contributed by atoms with Crippen molar-refractivity contribution in [3.63, 3.8) is 0 Å². The Kier molecular flexibility index (Phi) is 4.96. The highest BCUT2D eigenvalue weighted by molar-refractivity contribution is 6.05. The summed E-state index contributed by atoms with van der Waals surface area (Å²) in [7, 11) is 1.75. The van der Waals surface area contributed by atoms with Crippen molar-refractivity contribution in [3.8, 4) is 11.3 Å². The van der Waals surface area contributed by atoms with Crippen LogP contribution in [0.5, 0.6) is 0 Å². The first-order chi connectivity index (χ1) is 14.7. The Hall–Kier alpha value is -3.20. The average Bonchev–Trinajstić information content (AvgIpc) is 3.34. The molecule has 1 N–H and O–H groups in total. The Morgan fingerprint density at radius 3 is 2.67 bits per heavy atom. The summed E-state index contributed by atoms with van der Waals surface area (Å²) < 4.78 is 5.48. The van der Waals surface area contributed by atoms with E-state index in [1.807, 2.05) is 17.0 Å². The lowest BCUT2D eigenvalue weighted by molar-refractivity contribution is -0.118. The van der Waals surface area contributed by atoms with Crippen molar-refractivity contribution in [2.24, 2.45) is 9.98 Å². The molecule has 1 saturated carbocycles. The average molecular weight is 405 g/mol. The fourth-order valence-electron chi connectivity index (χ4n) is 4.21. The standard InChI is InChI=1S/C21H23N7O2/c1-30-15-5-3-14(4-6-15)28-18(29)12-26-20-21(28)27-17(11-25-20)13-2-7-16(24-10-13)19-22-8-9-23-19/h2,7-8,10-11,14-15H,3-6,9,12H2,1H3,(H,25,26). The van der Waals surface area contributed by atoms with Crippen LogP contribution < -0.4 is 10.2 Å². The van der Waals surface area contributed by atoms with Gasteiger partial charge < -0.3 is 10.1 Å². The number of hydrogen-bond acceptors (Lipinski definition) is 8. The van der Waals surface area contributed by atoms with Crippen LogP contribution >= 0.6 is 0 Å². The normalized spacial score (nSPS) is 23.2. The minimum Gasteiger partial charge on any atom is -0.381 e. The number of hydrogen-bond donors (Lipinski definition) is 1. The zero-order valence-electron chi connectivity index (χ0n) is 16.8. The van der Waals surface area contributed by atoms with E-state index in [0.717, 1.165) is 36.9 Å². The first-order valence-electron chi connectivity index (χ1n) is 10.2. The van der Waals surface area contributed by atoms with Crippen molar-refractivity contribution < 1.29 is 9.53 Å². The molecule has 0 atom stereocenters. The highest BCUT2D eigenvalue weighted by Gasteiger charge is 2.35. The van der Waals surface area contributed by atoms with Gasteiger partial charge in [0.25, 0.3) is 0 Å². The Labute approximate surface area is 174 Å². The molecule has 0 radical (unpaired) electrons. The van der Waals surface area contributed by atoms with E-state index in [2.05, 4.69) is 25.3 Å². The van der Waals surface area contributed by atoms with Gasteiger partial charge in [-0.25, -0.2) is 15.0 Å². The van der Waals surface area contributed by atoms with Crippen molar-refractivity contribution in [1.82, 2.24) is 15.0 Å². The maximum Gasteiger partial charge on any atom is 0.247 e. The quantitative estimate of drug-likeness (QED) is 0.835. The van der Waals surface area contributed by atoms with Crippen LogP contribution in [0, 0.1) is 0 Å². The van der Waals surface area contributed by atoms with Crippen LogP contribution in [0.2, 0.25) is 0 Å². The monoisotopic (exact) mass is 405 g/mol. The summed E-state index contributed by atoms with van der Waals surface area (Å²) in [6.07, 6.45) is 9.17. The summed E-state index contributed by atoms with van der Waals surface area (Å²) in [5.74, 6) is 1.91. The molecule has 9 heteroatoms. The number of carbonyl (C=O) groups is 1. The molecule has 1 aliphatic carbocycles. The van der Waals surface area contributed by atoms with E-state index in [-0.39, 0.29) is 24.6 Å². The van der Waals surface area contributed by atoms with Gasteiger partial charge in [-0.05, 0) is 37.8 Å². The van der Waals surface area contributed by atoms with Gasteiger partial charge in [-0.3, -0.25) is 19.7 Å². The van der Waals surface area contributed by atoms with Crippen LogP contribution in [-0.2, 0) is 9.53 Å². The molecule has 154 valence electrons. The second-order valence-electron chi connectivity index (χ2n) is 7.62. The third-order valence-corrected chi connectivity index (χ3v) is 5.82. The Morgan fingerprint density at radius 1 is 1.10 bits per heavy atom. The molecule has 30 heavy (non-hydrogen) atoms. The molecule has 2 aliphatic heterocycles. The predicted octanol–water partition coefficient (Wildman–Crippen LogP) is 2.09. The van der Waals surface area contributed by atoms with Crippen LogP contribution in [0.15, 0.2) is 34.5 Å². The molecule has 2 aromatic rings. The van der Waals surface area contributed by atoms with E-state index in [1.165, 1.54) is 0 Å². The molecule has 3 aliphatic rings. The van der Waals surface area contributed by atoms with Gasteiger partial charge in [0.15, 0.2) is 17.5 Å². The number of anilines is 2. The molecule has 1 fully saturated rings. The second kappa shape index (κ2) is 7.91. The summed E-state index contributed by atoms with van der Waals surface area (Å²) in [6, 6.07) is 3.93. The number of rotatable bonds is 4. The van der Waals surface area contributed by atoms with E-state index in [1.54, 1.807) is 25.7 Å². The minimum absolute atomic E-state index is 0.0281. The SMILES string of the molecule is COC1CCC(N2C(=O)CNc3ncc(-c4ccc(C5=NCC=N5)nc4)nc32)CC1. The molecule has 0 unspecified atom stereocenters. The number of nitrogens with one attached hydrogen (secondary N) is 1. The number of ether oxygens (including phenoxy) is 1. The minimum atomic E-state index is 0.0281. The lowest BCUT2D eigenvalue weighted by atomic mass is 9.91. The molecule has 4 heterocycles. The molecule has 2 aromatic heterocycles. The highest BCUT2D eigenvalue weighted by atomic mass is 16.5. The van der Waals surface area contributed by atoms with Crippen molar-refractivity contribution in [1.29, 1.82) is 0 Å². The molecule has 0 bridgehead atoms. The first-order valence-corrected chi connectivity index (χ1v) is 10.2. The molecular weight excluding hydrogens is 382 g/mol. The predicted molar refractivity (Wildman–Crippen MR) is 114 cm³/mol. The van der Waals surface area contributed by atoms with E-state index >= 15 is 0 Å². The van der Waals surface area contributed by atoms with Crippen LogP contribution in [-0.4, -0.2) is 65.3 Å². The van der Waals surface area contributed by atoms with Crippen LogP contribution in [0.3, 0.4) is 0 Å². The van der Waals surface area contributed by atoms with E-state index < -0.39 is 0 Å². The lowest BCUT2D eigenvalue weighted by Crippen LogP contribution is -2.49. The lowest BCUT2D eigenvalue weighted by Gasteiger charge is -2.38. The van der Waals surface area contributed by atoms with Crippen molar-refractivity contribution >= 4 is 29.6 Å². The smallest absolute Gasteiger partial charge is 0.247 e. The van der Waals surface area contributed by atoms with Gasteiger partial charge in [0.1, 0.15) is 5.69 Å². The van der Waals surface area contributed by atoms with Crippen molar-refractivity contribution in [2.45, 2.75) is 37.8 Å². The third-order valence-electron chi connectivity index (χ3n) is 5.82. The summed E-state index contributed by atoms with van der Waals surface area (Å²) in [5.41, 5.74) is 2.24. The largest absolute Gasteiger partial charge is 0.381 e. The summed E-state index contributed by atoms with van der Waals surface area (Å²) in [4.78, 5) is 36.9. The molecule has 1 amide bonds. The number of aromatic nitrogens is 3. The van der Waals surface area contributed by atoms with Crippen molar-refractivity contribution in [2.75, 3.05) is 30.4 Å². The Morgan fingerprint density at radius 2 is 1.97 bits per heavy atom. The molecule has 0 saturated heterocycles.